The molecule has 24 heavy (non-hydrogen) atoms. The number of anilines is 1. The van der Waals surface area contributed by atoms with E-state index >= 15 is 0 Å². The first kappa shape index (κ1) is 17.8. The number of imide groups is 1. The second kappa shape index (κ2) is 6.50. The first-order valence-corrected chi connectivity index (χ1v) is 7.32. The fourth-order valence-electron chi connectivity index (χ4n) is 2.30. The van der Waals surface area contributed by atoms with Crippen molar-refractivity contribution in [2.24, 2.45) is 0 Å². The number of amides is 4. The van der Waals surface area contributed by atoms with Gasteiger partial charge in [0.25, 0.3) is 11.6 Å². The lowest BCUT2D eigenvalue weighted by molar-refractivity contribution is -0.201. The summed E-state index contributed by atoms with van der Waals surface area (Å²) in [7, 11) is 0. The smallest absolute Gasteiger partial charge is 0.318 e. The number of urea groups is 1. The number of carbonyl (C=O) groups is 3. The van der Waals surface area contributed by atoms with E-state index in [-0.39, 0.29) is 12.1 Å². The van der Waals surface area contributed by atoms with Crippen LogP contribution < -0.4 is 15.5 Å². The van der Waals surface area contributed by atoms with Gasteiger partial charge in [-0.05, 0) is 18.6 Å². The van der Waals surface area contributed by atoms with Crippen LogP contribution in [0.15, 0.2) is 30.3 Å². The van der Waals surface area contributed by atoms with Crippen molar-refractivity contribution in [3.8, 4) is 0 Å². The maximum atomic E-state index is 13.5. The van der Waals surface area contributed by atoms with E-state index in [0.29, 0.717) is 17.7 Å². The van der Waals surface area contributed by atoms with Crippen LogP contribution in [-0.4, -0.2) is 29.7 Å². The molecular formula is C15H16F3N3O3. The van der Waals surface area contributed by atoms with Gasteiger partial charge in [-0.3, -0.25) is 14.9 Å². The van der Waals surface area contributed by atoms with Gasteiger partial charge in [0, 0.05) is 6.42 Å². The minimum Gasteiger partial charge on any atom is -0.318 e. The summed E-state index contributed by atoms with van der Waals surface area (Å²) in [6.45, 7) is 1.77. The van der Waals surface area contributed by atoms with Crippen LogP contribution in [0.4, 0.5) is 23.7 Å². The number of nitrogens with zero attached hydrogens (tertiary/aromatic N) is 1. The van der Waals surface area contributed by atoms with E-state index in [0.717, 1.165) is 0 Å². The van der Waals surface area contributed by atoms with Crippen molar-refractivity contribution in [3.63, 3.8) is 0 Å². The normalized spacial score (nSPS) is 20.9. The Balaban J connectivity index is 2.37. The Morgan fingerprint density at radius 3 is 2.42 bits per heavy atom. The third-order valence-corrected chi connectivity index (χ3v) is 3.55. The van der Waals surface area contributed by atoms with Gasteiger partial charge in [-0.25, -0.2) is 9.69 Å². The van der Waals surface area contributed by atoms with Gasteiger partial charge in [-0.2, -0.15) is 13.2 Å². The summed E-state index contributed by atoms with van der Waals surface area (Å²) in [6.07, 6.45) is -4.40. The number of nitrogens with one attached hydrogen (secondary N) is 2. The average Bonchev–Trinajstić information content (AvgIpc) is 2.77. The summed E-state index contributed by atoms with van der Waals surface area (Å²) in [4.78, 5) is 36.5. The van der Waals surface area contributed by atoms with Crippen LogP contribution in [0.2, 0.25) is 0 Å². The maximum Gasteiger partial charge on any atom is 0.440 e. The van der Waals surface area contributed by atoms with Gasteiger partial charge in [0.1, 0.15) is 0 Å². The molecule has 1 aromatic carbocycles. The zero-order valence-electron chi connectivity index (χ0n) is 12.8. The van der Waals surface area contributed by atoms with Crippen LogP contribution in [-0.2, 0) is 9.59 Å². The molecule has 1 atom stereocenters. The monoisotopic (exact) mass is 343 g/mol. The lowest BCUT2D eigenvalue weighted by Gasteiger charge is -2.29. The average molecular weight is 343 g/mol. The molecule has 6 nitrogen and oxygen atoms in total. The predicted octanol–water partition coefficient (Wildman–Crippen LogP) is 2.31. The highest BCUT2D eigenvalue weighted by Crippen LogP contribution is 2.35. The number of carbonyl (C=O) groups excluding carboxylic acids is 3. The van der Waals surface area contributed by atoms with Gasteiger partial charge in [-0.15, -0.1) is 0 Å². The molecule has 1 unspecified atom stereocenters. The molecule has 2 N–H and O–H groups in total. The van der Waals surface area contributed by atoms with Gasteiger partial charge < -0.3 is 5.32 Å². The van der Waals surface area contributed by atoms with Crippen LogP contribution in [0.3, 0.4) is 0 Å². The van der Waals surface area contributed by atoms with Crippen molar-refractivity contribution in [2.75, 3.05) is 4.90 Å². The number of hydrogen-bond donors (Lipinski definition) is 2. The van der Waals surface area contributed by atoms with Crippen molar-refractivity contribution >= 4 is 23.5 Å². The quantitative estimate of drug-likeness (QED) is 0.806. The lowest BCUT2D eigenvalue weighted by atomic mass is 10.1. The first-order valence-electron chi connectivity index (χ1n) is 7.32. The number of alkyl halides is 3. The molecule has 0 saturated carbocycles. The Labute approximate surface area is 136 Å². The molecule has 1 aromatic rings. The van der Waals surface area contributed by atoms with Crippen LogP contribution >= 0.6 is 0 Å². The first-order chi connectivity index (χ1) is 11.2. The molecular weight excluding hydrogens is 327 g/mol. The van der Waals surface area contributed by atoms with Gasteiger partial charge in [0.15, 0.2) is 0 Å². The molecule has 0 radical (unpaired) electrons. The molecule has 1 aliphatic heterocycles. The SMILES string of the molecule is CCCCC(=O)NC1(C(F)(F)F)NC(=O)N(c2ccccc2)C1=O. The number of unbranched alkanes of at least 4 members (excludes halogenated alkanes) is 1. The molecule has 0 bridgehead atoms. The van der Waals surface area contributed by atoms with E-state index in [1.54, 1.807) is 23.6 Å². The van der Waals surface area contributed by atoms with Crippen molar-refractivity contribution < 1.29 is 27.6 Å². The fraction of sp³-hybridized carbons (Fsp3) is 0.400. The second-order valence-corrected chi connectivity index (χ2v) is 5.31. The van der Waals surface area contributed by atoms with Crippen molar-refractivity contribution in [3.05, 3.63) is 30.3 Å². The molecule has 1 aliphatic rings. The predicted molar refractivity (Wildman–Crippen MR) is 78.9 cm³/mol. The van der Waals surface area contributed by atoms with Crippen molar-refractivity contribution in [1.82, 2.24) is 10.6 Å². The second-order valence-electron chi connectivity index (χ2n) is 5.31. The lowest BCUT2D eigenvalue weighted by Crippen LogP contribution is -2.69. The van der Waals surface area contributed by atoms with E-state index < -0.39 is 29.7 Å². The molecule has 0 aromatic heterocycles. The number of para-hydroxylation sites is 1. The topological polar surface area (TPSA) is 78.5 Å². The van der Waals surface area contributed by atoms with Gasteiger partial charge in [0.2, 0.25) is 5.91 Å². The Kier molecular flexibility index (Phi) is 4.81. The number of halogens is 3. The third-order valence-electron chi connectivity index (χ3n) is 3.55. The third kappa shape index (κ3) is 3.06. The van der Waals surface area contributed by atoms with Crippen LogP contribution in [0.5, 0.6) is 0 Å². The Morgan fingerprint density at radius 2 is 1.88 bits per heavy atom. The van der Waals surface area contributed by atoms with Crippen LogP contribution in [0.25, 0.3) is 0 Å². The molecule has 1 fully saturated rings. The highest BCUT2D eigenvalue weighted by Gasteiger charge is 2.69. The molecule has 0 spiro atoms. The maximum absolute atomic E-state index is 13.5. The summed E-state index contributed by atoms with van der Waals surface area (Å²) >= 11 is 0. The molecule has 4 amide bonds. The van der Waals surface area contributed by atoms with Gasteiger partial charge in [-0.1, -0.05) is 31.5 Å². The Morgan fingerprint density at radius 1 is 1.25 bits per heavy atom. The summed E-state index contributed by atoms with van der Waals surface area (Å²) < 4.78 is 40.6. The number of rotatable bonds is 5. The Bertz CT molecular complexity index is 648. The van der Waals surface area contributed by atoms with Gasteiger partial charge in [0.05, 0.1) is 5.69 Å². The minimum absolute atomic E-state index is 0.0195. The zero-order valence-corrected chi connectivity index (χ0v) is 12.8. The van der Waals surface area contributed by atoms with Crippen molar-refractivity contribution in [2.45, 2.75) is 38.0 Å². The summed E-state index contributed by atoms with van der Waals surface area (Å²) in [5.74, 6) is -2.55. The van der Waals surface area contributed by atoms with Gasteiger partial charge >= 0.3 is 12.2 Å². The van der Waals surface area contributed by atoms with E-state index in [4.69, 9.17) is 0 Å². The molecule has 0 aliphatic carbocycles. The highest BCUT2D eigenvalue weighted by molar-refractivity contribution is 6.24. The van der Waals surface area contributed by atoms with Crippen LogP contribution in [0, 0.1) is 0 Å². The van der Waals surface area contributed by atoms with E-state index in [2.05, 4.69) is 0 Å². The molecule has 2 rings (SSSR count). The summed E-state index contributed by atoms with van der Waals surface area (Å²) in [5, 5.41) is 3.25. The fourth-order valence-corrected chi connectivity index (χ4v) is 2.30. The standard InChI is InChI=1S/C15H16F3N3O3/c1-2-3-9-11(22)19-14(15(16,17)18)12(23)21(13(24)20-14)10-7-5-4-6-8-10/h4-8H,2-3,9H2,1H3,(H,19,22)(H,20,24). The van der Waals surface area contributed by atoms with Crippen LogP contribution in [0.1, 0.15) is 26.2 Å². The molecule has 130 valence electrons. The van der Waals surface area contributed by atoms with E-state index in [9.17, 15) is 27.6 Å². The van der Waals surface area contributed by atoms with E-state index in [1.165, 1.54) is 24.3 Å². The largest absolute Gasteiger partial charge is 0.440 e. The zero-order chi connectivity index (χ0) is 18.0. The number of hydrogen-bond acceptors (Lipinski definition) is 3. The number of benzene rings is 1. The Hall–Kier alpha value is -2.58. The van der Waals surface area contributed by atoms with E-state index in [1.807, 2.05) is 0 Å². The highest BCUT2D eigenvalue weighted by atomic mass is 19.4. The minimum atomic E-state index is -5.19. The summed E-state index contributed by atoms with van der Waals surface area (Å²) in [5.41, 5.74) is -3.47. The molecule has 1 heterocycles. The molecule has 1 saturated heterocycles. The summed E-state index contributed by atoms with van der Waals surface area (Å²) in [6, 6.07) is 5.93. The molecule has 9 heteroatoms. The van der Waals surface area contributed by atoms with Crippen molar-refractivity contribution in [1.29, 1.82) is 0 Å².